The molecule has 6 nitrogen and oxygen atoms in total. The second kappa shape index (κ2) is 6.65. The summed E-state index contributed by atoms with van der Waals surface area (Å²) in [6.45, 7) is 0. The first-order valence-electron chi connectivity index (χ1n) is 5.43. The van der Waals surface area contributed by atoms with Crippen LogP contribution in [-0.2, 0) is 25.4 Å². The first-order chi connectivity index (χ1) is 8.98. The molecule has 0 spiro atoms. The van der Waals surface area contributed by atoms with Crippen LogP contribution in [0.2, 0.25) is 0 Å². The molecular weight excluding hydrogens is 272 g/mol. The van der Waals surface area contributed by atoms with Gasteiger partial charge in [0.25, 0.3) is 0 Å². The Morgan fingerprint density at radius 3 is 2.42 bits per heavy atom. The third kappa shape index (κ3) is 3.76. The predicted octanol–water partition coefficient (Wildman–Crippen LogP) is 0.206. The van der Waals surface area contributed by atoms with E-state index in [1.165, 1.54) is 32.7 Å². The lowest BCUT2D eigenvalue weighted by Gasteiger charge is -2.31. The molecule has 0 radical (unpaired) electrons. The van der Waals surface area contributed by atoms with Crippen LogP contribution in [0.1, 0.15) is 21.7 Å². The molecule has 0 aliphatic heterocycles. The summed E-state index contributed by atoms with van der Waals surface area (Å²) in [5, 5.41) is 12.5. The van der Waals surface area contributed by atoms with Crippen LogP contribution >= 0.6 is 11.3 Å². The number of ether oxygens (including phenoxy) is 3. The molecule has 0 atom stereocenters. The van der Waals surface area contributed by atoms with Gasteiger partial charge in [0.05, 0.1) is 12.7 Å². The maximum atomic E-state index is 11.6. The molecule has 7 heteroatoms. The van der Waals surface area contributed by atoms with Gasteiger partial charge in [-0.1, -0.05) is 0 Å². The normalized spacial score (nSPS) is 11.3. The zero-order valence-corrected chi connectivity index (χ0v) is 11.7. The number of hydrogen-bond acceptors (Lipinski definition) is 7. The van der Waals surface area contributed by atoms with E-state index in [1.807, 2.05) is 0 Å². The molecule has 0 N–H and O–H groups in total. The fourth-order valence-electron chi connectivity index (χ4n) is 1.67. The molecule has 0 fully saturated rings. The van der Waals surface area contributed by atoms with Gasteiger partial charge >= 0.3 is 5.97 Å². The van der Waals surface area contributed by atoms with E-state index in [2.05, 4.69) is 4.74 Å². The van der Waals surface area contributed by atoms with E-state index < -0.39 is 24.1 Å². The van der Waals surface area contributed by atoms with Gasteiger partial charge in [0.2, 0.25) is 0 Å². The van der Waals surface area contributed by atoms with E-state index in [0.29, 0.717) is 10.4 Å². The van der Waals surface area contributed by atoms with Gasteiger partial charge in [-0.05, 0) is 11.4 Å². The fraction of sp³-hybridized carbons (Fsp3) is 0.500. The zero-order valence-electron chi connectivity index (χ0n) is 10.9. The number of carbonyl (C=O) groups is 2. The van der Waals surface area contributed by atoms with Crippen LogP contribution in [-0.4, -0.2) is 39.1 Å². The van der Waals surface area contributed by atoms with E-state index in [0.717, 1.165) is 0 Å². The first kappa shape index (κ1) is 15.6. The summed E-state index contributed by atoms with van der Waals surface area (Å²) in [4.78, 5) is 23.0. The summed E-state index contributed by atoms with van der Waals surface area (Å²) >= 11 is 1.30. The Balaban J connectivity index is 3.00. The smallest absolute Gasteiger partial charge is 0.338 e. The quantitative estimate of drug-likeness (QED) is 0.526. The summed E-state index contributed by atoms with van der Waals surface area (Å²) in [7, 11) is 3.97. The average molecular weight is 287 g/mol. The van der Waals surface area contributed by atoms with E-state index in [9.17, 15) is 14.7 Å². The van der Waals surface area contributed by atoms with Crippen molar-refractivity contribution in [2.45, 2.75) is 18.6 Å². The standard InChI is InChI=1S/C12H16O6S/c1-16-11(15)8-4-5-19-9(8)6-12(17-2,18-3)7-10(13)14/h4-5H,6-7H2,1-3H3,(H,13,14)/p-1. The third-order valence-corrected chi connectivity index (χ3v) is 3.66. The molecule has 0 aliphatic rings. The molecule has 1 aromatic heterocycles. The summed E-state index contributed by atoms with van der Waals surface area (Å²) < 4.78 is 15.0. The monoisotopic (exact) mass is 287 g/mol. The molecule has 0 bridgehead atoms. The van der Waals surface area contributed by atoms with Crippen molar-refractivity contribution in [3.05, 3.63) is 21.9 Å². The minimum absolute atomic E-state index is 0.121. The number of methoxy groups -OCH3 is 3. The maximum absolute atomic E-state index is 11.6. The molecule has 19 heavy (non-hydrogen) atoms. The number of thiophene rings is 1. The van der Waals surface area contributed by atoms with Crippen LogP contribution in [0, 0.1) is 0 Å². The molecule has 0 aromatic carbocycles. The molecule has 1 aromatic rings. The largest absolute Gasteiger partial charge is 0.550 e. The summed E-state index contributed by atoms with van der Waals surface area (Å²) in [5.41, 5.74) is 0.379. The molecule has 0 saturated heterocycles. The number of rotatable bonds is 7. The average Bonchev–Trinajstić information content (AvgIpc) is 2.84. The zero-order chi connectivity index (χ0) is 14.5. The number of esters is 1. The summed E-state index contributed by atoms with van der Waals surface area (Å²) in [6, 6.07) is 1.61. The Bertz CT molecular complexity index is 449. The van der Waals surface area contributed by atoms with Gasteiger partial charge < -0.3 is 24.1 Å². The van der Waals surface area contributed by atoms with Gasteiger partial charge in [0, 0.05) is 37.9 Å². The minimum atomic E-state index is -1.35. The molecule has 0 amide bonds. The van der Waals surface area contributed by atoms with Crippen molar-refractivity contribution in [1.29, 1.82) is 0 Å². The number of carbonyl (C=O) groups excluding carboxylic acids is 2. The molecular formula is C12H15O6S-. The number of hydrogen-bond donors (Lipinski definition) is 0. The first-order valence-corrected chi connectivity index (χ1v) is 6.31. The van der Waals surface area contributed by atoms with Crippen LogP contribution in [0.4, 0.5) is 0 Å². The van der Waals surface area contributed by atoms with Crippen molar-refractivity contribution >= 4 is 23.3 Å². The highest BCUT2D eigenvalue weighted by Gasteiger charge is 2.32. The van der Waals surface area contributed by atoms with Crippen molar-refractivity contribution in [3.63, 3.8) is 0 Å². The van der Waals surface area contributed by atoms with Crippen LogP contribution in [0.5, 0.6) is 0 Å². The molecule has 1 heterocycles. The van der Waals surface area contributed by atoms with Crippen molar-refractivity contribution in [3.8, 4) is 0 Å². The second-order valence-electron chi connectivity index (χ2n) is 3.79. The van der Waals surface area contributed by atoms with Crippen LogP contribution < -0.4 is 5.11 Å². The molecule has 1 rings (SSSR count). The fourth-order valence-corrected chi connectivity index (χ4v) is 2.62. The van der Waals surface area contributed by atoms with Gasteiger partial charge in [0.1, 0.15) is 0 Å². The Hall–Kier alpha value is -1.44. The van der Waals surface area contributed by atoms with Crippen LogP contribution in [0.3, 0.4) is 0 Å². The summed E-state index contributed by atoms with van der Waals surface area (Å²) in [5.74, 6) is -3.13. The Morgan fingerprint density at radius 2 is 1.95 bits per heavy atom. The highest BCUT2D eigenvalue weighted by molar-refractivity contribution is 7.10. The molecule has 0 saturated carbocycles. The maximum Gasteiger partial charge on any atom is 0.338 e. The van der Waals surface area contributed by atoms with Gasteiger partial charge in [-0.3, -0.25) is 0 Å². The van der Waals surface area contributed by atoms with Crippen LogP contribution in [0.25, 0.3) is 0 Å². The van der Waals surface area contributed by atoms with Crippen molar-refractivity contribution in [1.82, 2.24) is 0 Å². The van der Waals surface area contributed by atoms with E-state index >= 15 is 0 Å². The minimum Gasteiger partial charge on any atom is -0.550 e. The van der Waals surface area contributed by atoms with Crippen molar-refractivity contribution in [2.75, 3.05) is 21.3 Å². The molecule has 0 unspecified atom stereocenters. The summed E-state index contributed by atoms with van der Waals surface area (Å²) in [6.07, 6.45) is -0.311. The lowest BCUT2D eigenvalue weighted by atomic mass is 10.1. The van der Waals surface area contributed by atoms with Gasteiger partial charge in [-0.2, -0.15) is 0 Å². The molecule has 0 aliphatic carbocycles. The third-order valence-electron chi connectivity index (χ3n) is 2.74. The second-order valence-corrected chi connectivity index (χ2v) is 4.79. The highest BCUT2D eigenvalue weighted by Crippen LogP contribution is 2.28. The van der Waals surface area contributed by atoms with E-state index in [4.69, 9.17) is 9.47 Å². The Kier molecular flexibility index (Phi) is 5.46. The van der Waals surface area contributed by atoms with E-state index in [1.54, 1.807) is 11.4 Å². The number of carboxylic acids is 1. The van der Waals surface area contributed by atoms with Gasteiger partial charge in [-0.25, -0.2) is 4.79 Å². The Labute approximate surface area is 114 Å². The van der Waals surface area contributed by atoms with E-state index in [-0.39, 0.29) is 6.42 Å². The topological polar surface area (TPSA) is 84.9 Å². The number of aliphatic carboxylic acids is 1. The van der Waals surface area contributed by atoms with Crippen LogP contribution in [0.15, 0.2) is 11.4 Å². The molecule has 106 valence electrons. The van der Waals surface area contributed by atoms with Gasteiger partial charge in [-0.15, -0.1) is 11.3 Å². The van der Waals surface area contributed by atoms with Gasteiger partial charge in [0.15, 0.2) is 5.79 Å². The lowest BCUT2D eigenvalue weighted by molar-refractivity contribution is -0.318. The predicted molar refractivity (Wildman–Crippen MR) is 65.7 cm³/mol. The van der Waals surface area contributed by atoms with Crippen molar-refractivity contribution in [2.24, 2.45) is 0 Å². The number of carboxylic acid groups (broad SMARTS) is 1. The Morgan fingerprint density at radius 1 is 1.32 bits per heavy atom. The lowest BCUT2D eigenvalue weighted by Crippen LogP contribution is -2.42. The highest BCUT2D eigenvalue weighted by atomic mass is 32.1. The van der Waals surface area contributed by atoms with Crippen molar-refractivity contribution < 1.29 is 28.9 Å². The SMILES string of the molecule is COC(=O)c1ccsc1CC(CC(=O)[O-])(OC)OC.